The van der Waals surface area contributed by atoms with E-state index in [4.69, 9.17) is 4.74 Å². The van der Waals surface area contributed by atoms with Gasteiger partial charge in [0.1, 0.15) is 11.4 Å². The number of amides is 2. The van der Waals surface area contributed by atoms with E-state index in [1.54, 1.807) is 30.1 Å². The smallest absolute Gasteiger partial charge is 0.277 e. The van der Waals surface area contributed by atoms with Gasteiger partial charge in [-0.25, -0.2) is 0 Å². The summed E-state index contributed by atoms with van der Waals surface area (Å²) >= 11 is 0. The van der Waals surface area contributed by atoms with Gasteiger partial charge in [-0.2, -0.15) is 0 Å². The van der Waals surface area contributed by atoms with Crippen molar-refractivity contribution in [2.45, 2.75) is 13.8 Å². The first-order valence-electron chi connectivity index (χ1n) is 7.98. The van der Waals surface area contributed by atoms with Crippen molar-refractivity contribution >= 4 is 17.4 Å². The lowest BCUT2D eigenvalue weighted by molar-refractivity contribution is -0.138. The number of para-hydroxylation sites is 1. The number of imide groups is 1. The molecule has 24 heavy (non-hydrogen) atoms. The number of rotatable bonds is 7. The van der Waals surface area contributed by atoms with E-state index in [1.807, 2.05) is 19.9 Å². The highest BCUT2D eigenvalue weighted by molar-refractivity contribution is 6.36. The molecule has 0 radical (unpaired) electrons. The van der Waals surface area contributed by atoms with Crippen LogP contribution in [0.15, 0.2) is 30.0 Å². The Morgan fingerprint density at radius 2 is 1.88 bits per heavy atom. The number of hydrogen-bond donors (Lipinski definition) is 1. The number of aliphatic hydroxyl groups excluding tert-OH is 1. The summed E-state index contributed by atoms with van der Waals surface area (Å²) in [6, 6.07) is 7.14. The van der Waals surface area contributed by atoms with Crippen molar-refractivity contribution in [3.63, 3.8) is 0 Å². The van der Waals surface area contributed by atoms with Gasteiger partial charge in [0, 0.05) is 25.7 Å². The molecule has 1 heterocycles. The SMILES string of the molecule is COc1ccccc1C1=C(N(C)CCO)C(=O)N(CC(C)C)C1=O. The highest BCUT2D eigenvalue weighted by Gasteiger charge is 2.41. The van der Waals surface area contributed by atoms with E-state index in [0.29, 0.717) is 29.1 Å². The Hall–Kier alpha value is -2.34. The van der Waals surface area contributed by atoms with E-state index >= 15 is 0 Å². The fraction of sp³-hybridized carbons (Fsp3) is 0.444. The van der Waals surface area contributed by atoms with E-state index in [9.17, 15) is 14.7 Å². The quantitative estimate of drug-likeness (QED) is 0.764. The predicted molar refractivity (Wildman–Crippen MR) is 91.2 cm³/mol. The van der Waals surface area contributed by atoms with Gasteiger partial charge in [0.05, 0.1) is 19.3 Å². The zero-order valence-electron chi connectivity index (χ0n) is 14.6. The lowest BCUT2D eigenvalue weighted by Crippen LogP contribution is -2.37. The molecule has 0 atom stereocenters. The van der Waals surface area contributed by atoms with Crippen LogP contribution in [0.3, 0.4) is 0 Å². The van der Waals surface area contributed by atoms with Crippen LogP contribution in [0.1, 0.15) is 19.4 Å². The molecule has 1 aromatic carbocycles. The number of ether oxygens (including phenoxy) is 1. The van der Waals surface area contributed by atoms with Crippen molar-refractivity contribution in [1.29, 1.82) is 0 Å². The summed E-state index contributed by atoms with van der Waals surface area (Å²) in [5, 5.41) is 9.22. The second kappa shape index (κ2) is 7.49. The van der Waals surface area contributed by atoms with E-state index in [0.717, 1.165) is 0 Å². The number of likely N-dealkylation sites (N-methyl/N-ethyl adjacent to an activating group) is 1. The molecule has 130 valence electrons. The van der Waals surface area contributed by atoms with Crippen LogP contribution in [0.4, 0.5) is 0 Å². The minimum Gasteiger partial charge on any atom is -0.496 e. The lowest BCUT2D eigenvalue weighted by Gasteiger charge is -2.21. The maximum atomic E-state index is 12.9. The second-order valence-electron chi connectivity index (χ2n) is 6.18. The van der Waals surface area contributed by atoms with Crippen LogP contribution in [-0.4, -0.2) is 60.6 Å². The molecule has 0 saturated carbocycles. The van der Waals surface area contributed by atoms with Crippen LogP contribution in [-0.2, 0) is 9.59 Å². The van der Waals surface area contributed by atoms with Crippen LogP contribution in [0.25, 0.3) is 5.57 Å². The normalized spacial score (nSPS) is 14.8. The zero-order chi connectivity index (χ0) is 17.9. The third kappa shape index (κ3) is 3.28. The highest BCUT2D eigenvalue weighted by Crippen LogP contribution is 2.35. The first-order chi connectivity index (χ1) is 11.4. The van der Waals surface area contributed by atoms with E-state index in [2.05, 4.69) is 0 Å². The molecule has 0 aliphatic carbocycles. The highest BCUT2D eigenvalue weighted by atomic mass is 16.5. The molecule has 2 amide bonds. The third-order valence-electron chi connectivity index (χ3n) is 3.88. The maximum absolute atomic E-state index is 12.9. The number of nitrogens with zero attached hydrogens (tertiary/aromatic N) is 2. The lowest BCUT2D eigenvalue weighted by atomic mass is 10.0. The average Bonchev–Trinajstić information content (AvgIpc) is 2.79. The summed E-state index contributed by atoms with van der Waals surface area (Å²) in [5.41, 5.74) is 1.22. The molecule has 2 rings (SSSR count). The Morgan fingerprint density at radius 1 is 1.21 bits per heavy atom. The second-order valence-corrected chi connectivity index (χ2v) is 6.18. The number of carbonyl (C=O) groups excluding carboxylic acids is 2. The molecule has 1 aliphatic rings. The Labute approximate surface area is 142 Å². The minimum atomic E-state index is -0.328. The van der Waals surface area contributed by atoms with Crippen molar-refractivity contribution in [2.75, 3.05) is 33.9 Å². The van der Waals surface area contributed by atoms with Crippen LogP contribution in [0.2, 0.25) is 0 Å². The Morgan fingerprint density at radius 3 is 2.46 bits per heavy atom. The molecule has 6 heteroatoms. The molecule has 0 saturated heterocycles. The summed E-state index contributed by atoms with van der Waals surface area (Å²) in [4.78, 5) is 28.7. The summed E-state index contributed by atoms with van der Waals surface area (Å²) in [6.45, 7) is 4.43. The number of methoxy groups -OCH3 is 1. The van der Waals surface area contributed by atoms with Gasteiger partial charge in [-0.15, -0.1) is 0 Å². The molecule has 0 unspecified atom stereocenters. The Balaban J connectivity index is 2.59. The van der Waals surface area contributed by atoms with Crippen molar-refractivity contribution < 1.29 is 19.4 Å². The molecular formula is C18H24N2O4. The fourth-order valence-corrected chi connectivity index (χ4v) is 2.80. The van der Waals surface area contributed by atoms with Gasteiger partial charge in [0.15, 0.2) is 0 Å². The first kappa shape index (κ1) is 18.0. The van der Waals surface area contributed by atoms with Crippen molar-refractivity contribution in [3.8, 4) is 5.75 Å². The topological polar surface area (TPSA) is 70.1 Å². The van der Waals surface area contributed by atoms with E-state index < -0.39 is 0 Å². The predicted octanol–water partition coefficient (Wildman–Crippen LogP) is 1.36. The van der Waals surface area contributed by atoms with Crippen LogP contribution in [0, 0.1) is 5.92 Å². The molecular weight excluding hydrogens is 308 g/mol. The van der Waals surface area contributed by atoms with E-state index in [1.165, 1.54) is 12.0 Å². The molecule has 6 nitrogen and oxygen atoms in total. The summed E-state index contributed by atoms with van der Waals surface area (Å²) in [5.74, 6) is 0.0535. The van der Waals surface area contributed by atoms with Crippen LogP contribution < -0.4 is 4.74 Å². The number of hydrogen-bond acceptors (Lipinski definition) is 5. The largest absolute Gasteiger partial charge is 0.496 e. The van der Waals surface area contributed by atoms with Gasteiger partial charge in [-0.3, -0.25) is 14.5 Å². The number of aliphatic hydroxyl groups is 1. The van der Waals surface area contributed by atoms with Gasteiger partial charge < -0.3 is 14.7 Å². The average molecular weight is 332 g/mol. The molecule has 1 aliphatic heterocycles. The molecule has 0 bridgehead atoms. The fourth-order valence-electron chi connectivity index (χ4n) is 2.80. The van der Waals surface area contributed by atoms with Crippen LogP contribution in [0.5, 0.6) is 5.75 Å². The van der Waals surface area contributed by atoms with Crippen molar-refractivity contribution in [1.82, 2.24) is 9.80 Å². The number of benzene rings is 1. The van der Waals surface area contributed by atoms with Gasteiger partial charge in [-0.1, -0.05) is 32.0 Å². The molecule has 0 fully saturated rings. The summed E-state index contributed by atoms with van der Waals surface area (Å²) < 4.78 is 5.36. The molecule has 0 spiro atoms. The third-order valence-corrected chi connectivity index (χ3v) is 3.88. The minimum absolute atomic E-state index is 0.106. The Kier molecular flexibility index (Phi) is 5.62. The van der Waals surface area contributed by atoms with Gasteiger partial charge in [0.2, 0.25) is 0 Å². The zero-order valence-corrected chi connectivity index (χ0v) is 14.6. The van der Waals surface area contributed by atoms with Crippen molar-refractivity contribution in [3.05, 3.63) is 35.5 Å². The molecule has 0 aromatic heterocycles. The first-order valence-corrected chi connectivity index (χ1v) is 7.98. The summed E-state index contributed by atoms with van der Waals surface area (Å²) in [6.07, 6.45) is 0. The standard InChI is InChI=1S/C18H24N2O4/c1-12(2)11-20-17(22)15(13-7-5-6-8-14(13)24-4)16(18(20)23)19(3)9-10-21/h5-8,12,21H,9-11H2,1-4H3. The van der Waals surface area contributed by atoms with Gasteiger partial charge in [0.25, 0.3) is 11.8 Å². The van der Waals surface area contributed by atoms with Crippen LogP contribution >= 0.6 is 0 Å². The van der Waals surface area contributed by atoms with E-state index in [-0.39, 0.29) is 30.9 Å². The summed E-state index contributed by atoms with van der Waals surface area (Å²) in [7, 11) is 3.23. The monoisotopic (exact) mass is 332 g/mol. The molecule has 1 aromatic rings. The van der Waals surface area contributed by atoms with Gasteiger partial charge in [-0.05, 0) is 12.0 Å². The molecule has 1 N–H and O–H groups in total. The van der Waals surface area contributed by atoms with Gasteiger partial charge >= 0.3 is 0 Å². The maximum Gasteiger partial charge on any atom is 0.277 e. The number of carbonyl (C=O) groups is 2. The Bertz CT molecular complexity index is 667. The van der Waals surface area contributed by atoms with Crippen molar-refractivity contribution in [2.24, 2.45) is 5.92 Å².